The highest BCUT2D eigenvalue weighted by Gasteiger charge is 2.16. The van der Waals surface area contributed by atoms with E-state index in [0.29, 0.717) is 0 Å². The Morgan fingerprint density at radius 2 is 0.800 bits per heavy atom. The van der Waals surface area contributed by atoms with Crippen molar-refractivity contribution in [3.8, 4) is 0 Å². The molecule has 0 aliphatic heterocycles. The van der Waals surface area contributed by atoms with E-state index >= 15 is 0 Å². The summed E-state index contributed by atoms with van der Waals surface area (Å²) in [4.78, 5) is 4.42. The van der Waals surface area contributed by atoms with Crippen LogP contribution in [0.4, 0.5) is 11.4 Å². The van der Waals surface area contributed by atoms with Crippen molar-refractivity contribution in [1.29, 1.82) is 0 Å². The highest BCUT2D eigenvalue weighted by atomic mass is 15.1. The van der Waals surface area contributed by atoms with Gasteiger partial charge in [0, 0.05) is 39.0 Å². The lowest BCUT2D eigenvalue weighted by molar-refractivity contribution is 1.09. The lowest BCUT2D eigenvalue weighted by Gasteiger charge is -2.26. The van der Waals surface area contributed by atoms with Gasteiger partial charge in [-0.2, -0.15) is 0 Å². The Morgan fingerprint density at radius 3 is 1.10 bits per heavy atom. The van der Waals surface area contributed by atoms with Gasteiger partial charge in [0.05, 0.1) is 11.4 Å². The number of hydrogen-bond acceptors (Lipinski definition) is 2. The minimum absolute atomic E-state index is 1.28. The van der Waals surface area contributed by atoms with Crippen LogP contribution in [0.1, 0.15) is 0 Å². The first kappa shape index (κ1) is 12.8. The van der Waals surface area contributed by atoms with Gasteiger partial charge in [0.2, 0.25) is 0 Å². The first-order valence-electron chi connectivity index (χ1n) is 6.89. The molecule has 0 saturated carbocycles. The molecule has 0 saturated heterocycles. The van der Waals surface area contributed by atoms with Crippen LogP contribution in [0.2, 0.25) is 0 Å². The van der Waals surface area contributed by atoms with Crippen molar-refractivity contribution in [3.05, 3.63) is 48.5 Å². The Labute approximate surface area is 120 Å². The minimum atomic E-state index is 1.28. The van der Waals surface area contributed by atoms with Gasteiger partial charge in [-0.15, -0.1) is 0 Å². The number of fused-ring (bicyclic) bond motifs is 3. The van der Waals surface area contributed by atoms with Crippen molar-refractivity contribution in [2.75, 3.05) is 38.0 Å². The smallest absolute Gasteiger partial charge is 0.0685 e. The second-order valence-corrected chi connectivity index (χ2v) is 5.58. The summed E-state index contributed by atoms with van der Waals surface area (Å²) in [6.07, 6.45) is 0. The van der Waals surface area contributed by atoms with Crippen molar-refractivity contribution in [1.82, 2.24) is 0 Å². The molecule has 0 atom stereocenters. The number of benzene rings is 3. The van der Waals surface area contributed by atoms with Gasteiger partial charge in [0.1, 0.15) is 0 Å². The van der Waals surface area contributed by atoms with Crippen molar-refractivity contribution in [2.24, 2.45) is 0 Å². The van der Waals surface area contributed by atoms with E-state index in [2.05, 4.69) is 86.5 Å². The van der Waals surface area contributed by atoms with Gasteiger partial charge in [-0.1, -0.05) is 48.5 Å². The number of rotatable bonds is 2. The van der Waals surface area contributed by atoms with E-state index in [0.717, 1.165) is 0 Å². The summed E-state index contributed by atoms with van der Waals surface area (Å²) in [7, 11) is 8.46. The lowest BCUT2D eigenvalue weighted by Crippen LogP contribution is -2.17. The van der Waals surface area contributed by atoms with Gasteiger partial charge >= 0.3 is 0 Å². The van der Waals surface area contributed by atoms with Crippen LogP contribution < -0.4 is 9.80 Å². The highest BCUT2D eigenvalue weighted by molar-refractivity contribution is 6.20. The van der Waals surface area contributed by atoms with E-state index in [9.17, 15) is 0 Å². The number of hydrogen-bond donors (Lipinski definition) is 0. The lowest BCUT2D eigenvalue weighted by atomic mass is 9.97. The van der Waals surface area contributed by atoms with Gasteiger partial charge in [-0.3, -0.25) is 0 Å². The molecule has 3 rings (SSSR count). The zero-order valence-corrected chi connectivity index (χ0v) is 12.5. The van der Waals surface area contributed by atoms with E-state index in [4.69, 9.17) is 0 Å². The van der Waals surface area contributed by atoms with Gasteiger partial charge in [-0.05, 0) is 10.8 Å². The normalized spacial score (nSPS) is 11.0. The standard InChI is InChI=1S/C18H20N2/c1-19(2)17-15-11-7-5-9-13(15)14-10-6-8-12-16(14)18(17)20(3)4/h5-12H,1-4H3. The van der Waals surface area contributed by atoms with E-state index in [-0.39, 0.29) is 0 Å². The molecule has 2 nitrogen and oxygen atoms in total. The van der Waals surface area contributed by atoms with Crippen LogP contribution in [0.5, 0.6) is 0 Å². The third kappa shape index (κ3) is 1.80. The first-order chi connectivity index (χ1) is 9.61. The van der Waals surface area contributed by atoms with Crippen LogP contribution in [0.25, 0.3) is 21.5 Å². The predicted molar refractivity (Wildman–Crippen MR) is 90.1 cm³/mol. The SMILES string of the molecule is CN(C)c1c(N(C)C)c2ccccc2c2ccccc12. The first-order valence-corrected chi connectivity index (χ1v) is 6.89. The summed E-state index contributed by atoms with van der Waals surface area (Å²) in [5, 5.41) is 5.25. The summed E-state index contributed by atoms with van der Waals surface area (Å²) in [6, 6.07) is 17.3. The summed E-state index contributed by atoms with van der Waals surface area (Å²) in [5.74, 6) is 0. The zero-order valence-electron chi connectivity index (χ0n) is 12.5. The average Bonchev–Trinajstić information content (AvgIpc) is 2.45. The van der Waals surface area contributed by atoms with Crippen LogP contribution in [-0.4, -0.2) is 28.2 Å². The zero-order chi connectivity index (χ0) is 14.3. The maximum Gasteiger partial charge on any atom is 0.0685 e. The Bertz CT molecular complexity index is 706. The molecule has 0 N–H and O–H groups in total. The molecule has 0 radical (unpaired) electrons. The maximum absolute atomic E-state index is 2.21. The van der Waals surface area contributed by atoms with Gasteiger partial charge in [-0.25, -0.2) is 0 Å². The molecule has 0 aliphatic rings. The van der Waals surface area contributed by atoms with Crippen LogP contribution in [0, 0.1) is 0 Å². The largest absolute Gasteiger partial charge is 0.375 e. The Balaban J connectivity index is 2.62. The second kappa shape index (κ2) is 4.71. The summed E-state index contributed by atoms with van der Waals surface area (Å²) in [6.45, 7) is 0. The molecule has 3 aromatic rings. The molecule has 0 unspecified atom stereocenters. The average molecular weight is 264 g/mol. The quantitative estimate of drug-likeness (QED) is 0.507. The molecule has 0 spiro atoms. The molecule has 0 heterocycles. The molecule has 3 aromatic carbocycles. The summed E-state index contributed by atoms with van der Waals surface area (Å²) < 4.78 is 0. The topological polar surface area (TPSA) is 6.48 Å². The fourth-order valence-electron chi connectivity index (χ4n) is 3.01. The summed E-state index contributed by atoms with van der Waals surface area (Å²) in [5.41, 5.74) is 2.56. The third-order valence-electron chi connectivity index (χ3n) is 3.77. The number of nitrogens with zero attached hydrogens (tertiary/aromatic N) is 2. The van der Waals surface area contributed by atoms with Crippen molar-refractivity contribution < 1.29 is 0 Å². The van der Waals surface area contributed by atoms with E-state index in [1.54, 1.807) is 0 Å². The number of anilines is 2. The molecule has 0 aromatic heterocycles. The second-order valence-electron chi connectivity index (χ2n) is 5.58. The fourth-order valence-corrected chi connectivity index (χ4v) is 3.01. The van der Waals surface area contributed by atoms with Crippen molar-refractivity contribution >= 4 is 32.9 Å². The van der Waals surface area contributed by atoms with E-state index in [1.807, 2.05) is 0 Å². The molecular weight excluding hydrogens is 244 g/mol. The van der Waals surface area contributed by atoms with Crippen LogP contribution in [0.3, 0.4) is 0 Å². The maximum atomic E-state index is 2.21. The van der Waals surface area contributed by atoms with E-state index < -0.39 is 0 Å². The Hall–Kier alpha value is -2.22. The Morgan fingerprint density at radius 1 is 0.500 bits per heavy atom. The van der Waals surface area contributed by atoms with Gasteiger partial charge in [0.25, 0.3) is 0 Å². The van der Waals surface area contributed by atoms with E-state index in [1.165, 1.54) is 32.9 Å². The molecule has 102 valence electrons. The molecule has 20 heavy (non-hydrogen) atoms. The van der Waals surface area contributed by atoms with Gasteiger partial charge in [0.15, 0.2) is 0 Å². The molecule has 0 amide bonds. The molecule has 0 fully saturated rings. The van der Waals surface area contributed by atoms with Crippen LogP contribution in [0.15, 0.2) is 48.5 Å². The fraction of sp³-hybridized carbons (Fsp3) is 0.222. The molecule has 0 bridgehead atoms. The molecular formula is C18H20N2. The summed E-state index contributed by atoms with van der Waals surface area (Å²) >= 11 is 0. The highest BCUT2D eigenvalue weighted by Crippen LogP contribution is 2.42. The van der Waals surface area contributed by atoms with Crippen LogP contribution in [-0.2, 0) is 0 Å². The van der Waals surface area contributed by atoms with Gasteiger partial charge < -0.3 is 9.80 Å². The molecule has 0 aliphatic carbocycles. The minimum Gasteiger partial charge on any atom is -0.375 e. The van der Waals surface area contributed by atoms with Crippen molar-refractivity contribution in [3.63, 3.8) is 0 Å². The monoisotopic (exact) mass is 264 g/mol. The van der Waals surface area contributed by atoms with Crippen molar-refractivity contribution in [2.45, 2.75) is 0 Å². The Kier molecular flexibility index (Phi) is 3.01. The third-order valence-corrected chi connectivity index (χ3v) is 3.77. The molecule has 2 heteroatoms. The van der Waals surface area contributed by atoms with Crippen LogP contribution >= 0.6 is 0 Å². The predicted octanol–water partition coefficient (Wildman–Crippen LogP) is 4.13.